The van der Waals surface area contributed by atoms with Crippen LogP contribution in [0.2, 0.25) is 0 Å². The second kappa shape index (κ2) is 26.6. The Labute approximate surface area is 311 Å². The number of hydrogen-bond acceptors (Lipinski definition) is 4. The number of nitrogens with zero attached hydrogens (tertiary/aromatic N) is 1. The molecule has 3 aromatic rings. The van der Waals surface area contributed by atoms with Crippen molar-refractivity contribution in [1.29, 1.82) is 0 Å². The van der Waals surface area contributed by atoms with Crippen LogP contribution in [0.3, 0.4) is 0 Å². The first kappa shape index (κ1) is 42.3. The van der Waals surface area contributed by atoms with Gasteiger partial charge in [-0.15, -0.1) is 11.8 Å². The highest BCUT2D eigenvalue weighted by Gasteiger charge is 2.36. The Kier molecular flexibility index (Phi) is 22.5. The summed E-state index contributed by atoms with van der Waals surface area (Å²) in [6.07, 6.45) is 22.5. The van der Waals surface area contributed by atoms with Crippen molar-refractivity contribution in [2.45, 2.75) is 153 Å². The molecule has 0 saturated heterocycles. The van der Waals surface area contributed by atoms with E-state index in [1.165, 1.54) is 107 Å². The van der Waals surface area contributed by atoms with E-state index in [2.05, 4.69) is 110 Å². The van der Waals surface area contributed by atoms with Gasteiger partial charge in [0.15, 0.2) is 0 Å². The van der Waals surface area contributed by atoms with Crippen molar-refractivity contribution in [3.63, 3.8) is 0 Å². The maximum atomic E-state index is 11.1. The predicted octanol–water partition coefficient (Wildman–Crippen LogP) is 12.2. The molecule has 50 heavy (non-hydrogen) atoms. The summed E-state index contributed by atoms with van der Waals surface area (Å²) in [6, 6.07) is 32.8. The number of thioether (sulfide) groups is 1. The molecule has 0 saturated carbocycles. The summed E-state index contributed by atoms with van der Waals surface area (Å²) in [5.41, 5.74) is 3.88. The van der Waals surface area contributed by atoms with Gasteiger partial charge in [0.2, 0.25) is 0 Å². The summed E-state index contributed by atoms with van der Waals surface area (Å²) < 4.78 is -0.319. The lowest BCUT2D eigenvalue weighted by Crippen LogP contribution is -2.39. The Hall–Kier alpha value is -2.11. The molecule has 2 N–H and O–H groups in total. The molecule has 0 amide bonds. The number of unbranched alkanes of at least 4 members (excludes halogenated alkanes) is 14. The zero-order valence-corrected chi connectivity index (χ0v) is 32.6. The van der Waals surface area contributed by atoms with E-state index in [1.807, 2.05) is 11.8 Å². The van der Waals surface area contributed by atoms with Crippen LogP contribution in [0.25, 0.3) is 0 Å². The van der Waals surface area contributed by atoms with Crippen LogP contribution in [0.15, 0.2) is 91.0 Å². The van der Waals surface area contributed by atoms with E-state index in [0.717, 1.165) is 44.4 Å². The van der Waals surface area contributed by atoms with E-state index < -0.39 is 0 Å². The highest BCUT2D eigenvalue weighted by atomic mass is 32.2. The molecule has 0 heterocycles. The minimum atomic E-state index is -0.338. The molecular formula is C46H71NO2S. The summed E-state index contributed by atoms with van der Waals surface area (Å²) in [6.45, 7) is 6.72. The smallest absolute Gasteiger partial charge is 0.0906 e. The van der Waals surface area contributed by atoms with Crippen LogP contribution >= 0.6 is 11.8 Å². The van der Waals surface area contributed by atoms with Crippen molar-refractivity contribution >= 4 is 11.8 Å². The number of aliphatic hydroxyl groups excluding tert-OH is 2. The van der Waals surface area contributed by atoms with Crippen LogP contribution in [0.5, 0.6) is 0 Å². The Morgan fingerprint density at radius 3 is 1.18 bits per heavy atom. The van der Waals surface area contributed by atoms with Gasteiger partial charge in [0.25, 0.3) is 0 Å². The lowest BCUT2D eigenvalue weighted by molar-refractivity contribution is 0.0607. The molecule has 2 unspecified atom stereocenters. The molecule has 3 aromatic carbocycles. The molecule has 2 atom stereocenters. The normalized spacial score (nSPS) is 13.1. The molecule has 0 aliphatic rings. The molecule has 0 aliphatic heterocycles. The van der Waals surface area contributed by atoms with Crippen molar-refractivity contribution in [3.05, 3.63) is 108 Å². The van der Waals surface area contributed by atoms with Crippen molar-refractivity contribution in [3.8, 4) is 0 Å². The summed E-state index contributed by atoms with van der Waals surface area (Å²) in [5, 5.41) is 22.3. The average molecular weight is 702 g/mol. The molecule has 0 bridgehead atoms. The second-order valence-electron chi connectivity index (χ2n) is 14.6. The minimum absolute atomic E-state index is 0.319. The van der Waals surface area contributed by atoms with Crippen molar-refractivity contribution in [2.24, 2.45) is 0 Å². The summed E-state index contributed by atoms with van der Waals surface area (Å²) in [4.78, 5) is 2.36. The van der Waals surface area contributed by atoms with E-state index in [-0.39, 0.29) is 17.0 Å². The van der Waals surface area contributed by atoms with E-state index in [1.54, 1.807) is 0 Å². The fourth-order valence-electron chi connectivity index (χ4n) is 7.35. The van der Waals surface area contributed by atoms with Crippen molar-refractivity contribution < 1.29 is 10.2 Å². The van der Waals surface area contributed by atoms with Gasteiger partial charge in [0.05, 0.1) is 17.0 Å². The molecular weight excluding hydrogens is 631 g/mol. The van der Waals surface area contributed by atoms with Gasteiger partial charge in [0, 0.05) is 13.1 Å². The van der Waals surface area contributed by atoms with Gasteiger partial charge in [-0.25, -0.2) is 0 Å². The average Bonchev–Trinajstić information content (AvgIpc) is 3.15. The molecule has 4 heteroatoms. The molecule has 0 aliphatic carbocycles. The number of benzene rings is 3. The van der Waals surface area contributed by atoms with Crippen LogP contribution in [-0.4, -0.2) is 52.7 Å². The number of aliphatic hydroxyl groups is 2. The Balaban J connectivity index is 1.61. The third kappa shape index (κ3) is 16.1. The largest absolute Gasteiger partial charge is 0.392 e. The van der Waals surface area contributed by atoms with Gasteiger partial charge in [-0.05, 0) is 48.3 Å². The topological polar surface area (TPSA) is 43.7 Å². The van der Waals surface area contributed by atoms with Gasteiger partial charge in [-0.1, -0.05) is 208 Å². The van der Waals surface area contributed by atoms with Gasteiger partial charge in [0.1, 0.15) is 0 Å². The zero-order valence-electron chi connectivity index (χ0n) is 31.8. The zero-order chi connectivity index (χ0) is 35.5. The standard InChI is InChI=1S/C46H71NO2S/c1-3-5-7-9-11-13-15-26-35-44(48)39-47(40-45(49)36-27-16-14-12-10-8-6-4-2)37-28-38-50-46(41-29-20-17-21-30-41,42-31-22-18-23-32-42)43-33-24-19-25-34-43/h17-25,29-34,44-45,48-49H,3-16,26-28,35-40H2,1-2H3. The van der Waals surface area contributed by atoms with Crippen LogP contribution in [-0.2, 0) is 4.75 Å². The Morgan fingerprint density at radius 1 is 0.480 bits per heavy atom. The molecule has 0 radical (unpaired) electrons. The van der Waals surface area contributed by atoms with Gasteiger partial charge < -0.3 is 10.2 Å². The minimum Gasteiger partial charge on any atom is -0.392 e. The van der Waals surface area contributed by atoms with Crippen LogP contribution in [0, 0.1) is 0 Å². The summed E-state index contributed by atoms with van der Waals surface area (Å²) in [7, 11) is 0. The van der Waals surface area contributed by atoms with Crippen molar-refractivity contribution in [2.75, 3.05) is 25.4 Å². The monoisotopic (exact) mass is 702 g/mol. The van der Waals surface area contributed by atoms with Crippen LogP contribution < -0.4 is 0 Å². The first-order chi connectivity index (χ1) is 24.6. The fourth-order valence-corrected chi connectivity index (χ4v) is 8.83. The van der Waals surface area contributed by atoms with Gasteiger partial charge >= 0.3 is 0 Å². The molecule has 3 nitrogen and oxygen atoms in total. The number of rotatable bonds is 30. The number of hydrogen-bond donors (Lipinski definition) is 2. The lowest BCUT2D eigenvalue weighted by Gasteiger charge is -2.36. The molecule has 278 valence electrons. The van der Waals surface area contributed by atoms with Gasteiger partial charge in [-0.3, -0.25) is 4.90 Å². The lowest BCUT2D eigenvalue weighted by atomic mass is 9.84. The highest BCUT2D eigenvalue weighted by Crippen LogP contribution is 2.48. The molecule has 3 rings (SSSR count). The Morgan fingerprint density at radius 2 is 0.820 bits per heavy atom. The molecule has 0 spiro atoms. The molecule has 0 aromatic heterocycles. The first-order valence-corrected chi connectivity index (χ1v) is 21.5. The van der Waals surface area contributed by atoms with E-state index >= 15 is 0 Å². The maximum absolute atomic E-state index is 11.1. The van der Waals surface area contributed by atoms with Crippen LogP contribution in [0.4, 0.5) is 0 Å². The van der Waals surface area contributed by atoms with Crippen LogP contribution in [0.1, 0.15) is 153 Å². The highest BCUT2D eigenvalue weighted by molar-refractivity contribution is 8.00. The second-order valence-corrected chi connectivity index (χ2v) is 15.9. The van der Waals surface area contributed by atoms with Crippen molar-refractivity contribution in [1.82, 2.24) is 4.90 Å². The first-order valence-electron chi connectivity index (χ1n) is 20.5. The third-order valence-corrected chi connectivity index (χ3v) is 11.8. The van der Waals surface area contributed by atoms with Gasteiger partial charge in [-0.2, -0.15) is 0 Å². The maximum Gasteiger partial charge on any atom is 0.0906 e. The SMILES string of the molecule is CCCCCCCCCCC(O)CN(CCCSC(c1ccccc1)(c1ccccc1)c1ccccc1)CC(O)CCCCCCCCCC. The Bertz CT molecular complexity index is 1070. The van der Waals surface area contributed by atoms with E-state index in [4.69, 9.17) is 0 Å². The summed E-state index contributed by atoms with van der Waals surface area (Å²) in [5.74, 6) is 0.970. The fraction of sp³-hybridized carbons (Fsp3) is 0.609. The predicted molar refractivity (Wildman–Crippen MR) is 219 cm³/mol. The summed E-state index contributed by atoms with van der Waals surface area (Å²) >= 11 is 2.01. The van der Waals surface area contributed by atoms with E-state index in [0.29, 0.717) is 13.1 Å². The van der Waals surface area contributed by atoms with E-state index in [9.17, 15) is 10.2 Å². The molecule has 0 fully saturated rings. The third-order valence-electron chi connectivity index (χ3n) is 10.2. The quantitative estimate of drug-likeness (QED) is 0.0536.